The van der Waals surface area contributed by atoms with E-state index in [2.05, 4.69) is 15.5 Å². The van der Waals surface area contributed by atoms with Crippen LogP contribution in [0.4, 0.5) is 5.82 Å². The third-order valence-electron chi connectivity index (χ3n) is 1.82. The summed E-state index contributed by atoms with van der Waals surface area (Å²) in [7, 11) is 0. The number of H-pyrrole nitrogens is 1. The highest BCUT2D eigenvalue weighted by molar-refractivity contribution is 5.92. The standard InChI is InChI=1S/C10H15N3O3/c1-3-5-9(14)11-8-6-7(12-13-8)10(15)16-4-2/h6H,3-5H2,1-2H3,(H2,11,12,13,14). The van der Waals surface area contributed by atoms with E-state index in [0.717, 1.165) is 6.42 Å². The average Bonchev–Trinajstić information content (AvgIpc) is 2.67. The summed E-state index contributed by atoms with van der Waals surface area (Å²) in [6.45, 7) is 3.93. The van der Waals surface area contributed by atoms with Crippen LogP contribution in [0.1, 0.15) is 37.2 Å². The van der Waals surface area contributed by atoms with Crippen LogP contribution in [0.25, 0.3) is 0 Å². The summed E-state index contributed by atoms with van der Waals surface area (Å²) in [5.41, 5.74) is 0.230. The number of aromatic amines is 1. The summed E-state index contributed by atoms with van der Waals surface area (Å²) < 4.78 is 4.77. The predicted molar refractivity (Wildman–Crippen MR) is 58.1 cm³/mol. The Kier molecular flexibility index (Phi) is 4.50. The van der Waals surface area contributed by atoms with Crippen molar-refractivity contribution in [3.8, 4) is 0 Å². The molecule has 1 heterocycles. The SMILES string of the molecule is CCCC(=O)Nc1cc(C(=O)OCC)[nH]n1. The molecule has 0 atom stereocenters. The fourth-order valence-electron chi connectivity index (χ4n) is 1.13. The van der Waals surface area contributed by atoms with E-state index in [0.29, 0.717) is 18.8 Å². The fourth-order valence-corrected chi connectivity index (χ4v) is 1.13. The molecule has 0 aromatic carbocycles. The van der Waals surface area contributed by atoms with E-state index >= 15 is 0 Å². The average molecular weight is 225 g/mol. The zero-order valence-corrected chi connectivity index (χ0v) is 9.37. The molecule has 6 nitrogen and oxygen atoms in total. The van der Waals surface area contributed by atoms with Crippen LogP contribution in [-0.4, -0.2) is 28.7 Å². The zero-order valence-electron chi connectivity index (χ0n) is 9.37. The van der Waals surface area contributed by atoms with Crippen LogP contribution in [0.5, 0.6) is 0 Å². The normalized spacial score (nSPS) is 9.88. The van der Waals surface area contributed by atoms with Gasteiger partial charge in [-0.2, -0.15) is 5.10 Å². The van der Waals surface area contributed by atoms with Crippen LogP contribution in [0.2, 0.25) is 0 Å². The number of carbonyl (C=O) groups is 2. The number of esters is 1. The topological polar surface area (TPSA) is 84.1 Å². The Morgan fingerprint density at radius 2 is 2.25 bits per heavy atom. The molecule has 1 amide bonds. The van der Waals surface area contributed by atoms with E-state index in [4.69, 9.17) is 4.74 Å². The summed E-state index contributed by atoms with van der Waals surface area (Å²) in [5, 5.41) is 8.85. The quantitative estimate of drug-likeness (QED) is 0.740. The Balaban J connectivity index is 2.57. The number of anilines is 1. The molecule has 0 unspecified atom stereocenters. The molecule has 2 N–H and O–H groups in total. The Hall–Kier alpha value is -1.85. The number of ether oxygens (including phenoxy) is 1. The fraction of sp³-hybridized carbons (Fsp3) is 0.500. The number of amides is 1. The van der Waals surface area contributed by atoms with Crippen LogP contribution in [0.3, 0.4) is 0 Å². The third kappa shape index (κ3) is 3.38. The Labute approximate surface area is 93.4 Å². The highest BCUT2D eigenvalue weighted by atomic mass is 16.5. The minimum Gasteiger partial charge on any atom is -0.461 e. The van der Waals surface area contributed by atoms with Crippen molar-refractivity contribution in [3.63, 3.8) is 0 Å². The van der Waals surface area contributed by atoms with Gasteiger partial charge >= 0.3 is 5.97 Å². The number of hydrogen-bond donors (Lipinski definition) is 2. The molecule has 16 heavy (non-hydrogen) atoms. The highest BCUT2D eigenvalue weighted by Gasteiger charge is 2.11. The first-order chi connectivity index (χ1) is 7.67. The summed E-state index contributed by atoms with van der Waals surface area (Å²) in [4.78, 5) is 22.5. The summed E-state index contributed by atoms with van der Waals surface area (Å²) in [5.74, 6) is -0.267. The van der Waals surface area contributed by atoms with Crippen molar-refractivity contribution in [1.82, 2.24) is 10.2 Å². The van der Waals surface area contributed by atoms with Crippen molar-refractivity contribution >= 4 is 17.7 Å². The number of rotatable bonds is 5. The molecule has 0 saturated heterocycles. The Bertz CT molecular complexity index is 373. The lowest BCUT2D eigenvalue weighted by Gasteiger charge is -1.98. The van der Waals surface area contributed by atoms with E-state index in [1.165, 1.54) is 6.07 Å². The zero-order chi connectivity index (χ0) is 12.0. The number of aromatic nitrogens is 2. The molecule has 0 fully saturated rings. The first-order valence-corrected chi connectivity index (χ1v) is 5.19. The van der Waals surface area contributed by atoms with E-state index in [1.807, 2.05) is 6.92 Å². The van der Waals surface area contributed by atoms with Gasteiger partial charge in [-0.3, -0.25) is 9.89 Å². The first kappa shape index (κ1) is 12.2. The maximum Gasteiger partial charge on any atom is 0.356 e. The molecule has 0 aliphatic rings. The lowest BCUT2D eigenvalue weighted by molar-refractivity contribution is -0.116. The second-order valence-corrected chi connectivity index (χ2v) is 3.19. The van der Waals surface area contributed by atoms with Crippen molar-refractivity contribution in [3.05, 3.63) is 11.8 Å². The molecular weight excluding hydrogens is 210 g/mol. The summed E-state index contributed by atoms with van der Waals surface area (Å²) in [6, 6.07) is 1.45. The van der Waals surface area contributed by atoms with Crippen molar-refractivity contribution in [2.75, 3.05) is 11.9 Å². The molecule has 1 rings (SSSR count). The lowest BCUT2D eigenvalue weighted by Crippen LogP contribution is -2.10. The van der Waals surface area contributed by atoms with Crippen LogP contribution in [0.15, 0.2) is 6.07 Å². The summed E-state index contributed by atoms with van der Waals surface area (Å²) in [6.07, 6.45) is 1.20. The van der Waals surface area contributed by atoms with Gasteiger partial charge in [0.15, 0.2) is 5.82 Å². The smallest absolute Gasteiger partial charge is 0.356 e. The van der Waals surface area contributed by atoms with E-state index in [1.54, 1.807) is 6.92 Å². The van der Waals surface area contributed by atoms with Crippen LogP contribution < -0.4 is 5.32 Å². The van der Waals surface area contributed by atoms with Gasteiger partial charge in [-0.25, -0.2) is 4.79 Å². The predicted octanol–water partition coefficient (Wildman–Crippen LogP) is 1.32. The largest absolute Gasteiger partial charge is 0.461 e. The first-order valence-electron chi connectivity index (χ1n) is 5.19. The van der Waals surface area contributed by atoms with Crippen molar-refractivity contribution in [1.29, 1.82) is 0 Å². The molecule has 0 radical (unpaired) electrons. The monoisotopic (exact) mass is 225 g/mol. The molecule has 88 valence electrons. The molecule has 0 aliphatic heterocycles. The van der Waals surface area contributed by atoms with Gasteiger partial charge in [-0.05, 0) is 13.3 Å². The summed E-state index contributed by atoms with van der Waals surface area (Å²) >= 11 is 0. The van der Waals surface area contributed by atoms with Crippen LogP contribution in [-0.2, 0) is 9.53 Å². The number of nitrogens with one attached hydrogen (secondary N) is 2. The van der Waals surface area contributed by atoms with Gasteiger partial charge in [0.05, 0.1) is 6.61 Å². The van der Waals surface area contributed by atoms with Crippen molar-refractivity contribution < 1.29 is 14.3 Å². The Morgan fingerprint density at radius 1 is 1.50 bits per heavy atom. The van der Waals surface area contributed by atoms with E-state index < -0.39 is 5.97 Å². The molecule has 6 heteroatoms. The minimum atomic E-state index is -0.481. The molecule has 0 saturated carbocycles. The molecule has 1 aromatic heterocycles. The maximum absolute atomic E-state index is 11.3. The second-order valence-electron chi connectivity index (χ2n) is 3.19. The van der Waals surface area contributed by atoms with Gasteiger partial charge in [0, 0.05) is 12.5 Å². The second kappa shape index (κ2) is 5.89. The minimum absolute atomic E-state index is 0.121. The number of nitrogens with zero attached hydrogens (tertiary/aromatic N) is 1. The number of carbonyl (C=O) groups excluding carboxylic acids is 2. The van der Waals surface area contributed by atoms with Crippen molar-refractivity contribution in [2.45, 2.75) is 26.7 Å². The lowest BCUT2D eigenvalue weighted by atomic mass is 10.3. The molecule has 0 spiro atoms. The van der Waals surface area contributed by atoms with E-state index in [9.17, 15) is 9.59 Å². The van der Waals surface area contributed by atoms with Gasteiger partial charge in [0.25, 0.3) is 0 Å². The van der Waals surface area contributed by atoms with E-state index in [-0.39, 0.29) is 11.6 Å². The Morgan fingerprint density at radius 3 is 2.88 bits per heavy atom. The van der Waals surface area contributed by atoms with Gasteiger partial charge in [0.2, 0.25) is 5.91 Å². The van der Waals surface area contributed by atoms with Gasteiger partial charge < -0.3 is 10.1 Å². The van der Waals surface area contributed by atoms with Gasteiger partial charge in [-0.15, -0.1) is 0 Å². The third-order valence-corrected chi connectivity index (χ3v) is 1.82. The molecule has 1 aromatic rings. The molecular formula is C10H15N3O3. The van der Waals surface area contributed by atoms with Crippen molar-refractivity contribution in [2.24, 2.45) is 0 Å². The van der Waals surface area contributed by atoms with Gasteiger partial charge in [0.1, 0.15) is 5.69 Å². The molecule has 0 bridgehead atoms. The van der Waals surface area contributed by atoms with Crippen LogP contribution in [0, 0.1) is 0 Å². The highest BCUT2D eigenvalue weighted by Crippen LogP contribution is 2.07. The molecule has 0 aliphatic carbocycles. The van der Waals surface area contributed by atoms with Gasteiger partial charge in [-0.1, -0.05) is 6.92 Å². The maximum atomic E-state index is 11.3. The van der Waals surface area contributed by atoms with Crippen LogP contribution >= 0.6 is 0 Å². The number of hydrogen-bond acceptors (Lipinski definition) is 4.